The Labute approximate surface area is 245 Å². The lowest BCUT2D eigenvalue weighted by molar-refractivity contribution is -0.120. The van der Waals surface area contributed by atoms with Crippen LogP contribution >= 0.6 is 11.6 Å². The van der Waals surface area contributed by atoms with Crippen molar-refractivity contribution in [3.8, 4) is 11.5 Å². The first-order valence-electron chi connectivity index (χ1n) is 12.7. The standard InChI is InChI=1S/C32H23ClN2O7/c1-40-26-9-5-8-24(18-26)35-29(36)27(33)28(30(35)37)34-23-14-10-22(11-15-23)32(39)42-25-16-12-21(13-17-25)31(38)41-19-20-6-3-2-4-7-20/h2-18,34H,19H2,1H3. The van der Waals surface area contributed by atoms with Gasteiger partial charge in [-0.05, 0) is 66.2 Å². The molecule has 210 valence electrons. The number of nitrogens with zero attached hydrogens (tertiary/aromatic N) is 1. The number of carbonyl (C=O) groups is 4. The minimum Gasteiger partial charge on any atom is -0.497 e. The third-order valence-corrected chi connectivity index (χ3v) is 6.59. The molecule has 4 aromatic rings. The van der Waals surface area contributed by atoms with Gasteiger partial charge in [0.2, 0.25) is 0 Å². The Morgan fingerprint density at radius 2 is 1.43 bits per heavy atom. The summed E-state index contributed by atoms with van der Waals surface area (Å²) in [6.07, 6.45) is 0. The maximum atomic E-state index is 13.0. The average Bonchev–Trinajstić information content (AvgIpc) is 3.23. The largest absolute Gasteiger partial charge is 0.497 e. The summed E-state index contributed by atoms with van der Waals surface area (Å²) in [4.78, 5) is 51.7. The number of hydrogen-bond donors (Lipinski definition) is 1. The van der Waals surface area contributed by atoms with E-state index in [4.69, 9.17) is 25.8 Å². The van der Waals surface area contributed by atoms with Gasteiger partial charge in [-0.2, -0.15) is 0 Å². The summed E-state index contributed by atoms with van der Waals surface area (Å²) in [5.74, 6) is -1.71. The number of halogens is 1. The highest BCUT2D eigenvalue weighted by Crippen LogP contribution is 2.32. The van der Waals surface area contributed by atoms with Crippen LogP contribution in [0.15, 0.2) is 114 Å². The van der Waals surface area contributed by atoms with E-state index >= 15 is 0 Å². The van der Waals surface area contributed by atoms with Gasteiger partial charge in [-0.3, -0.25) is 9.59 Å². The quantitative estimate of drug-likeness (QED) is 0.152. The Hall–Kier alpha value is -5.41. The first-order valence-corrected chi connectivity index (χ1v) is 13.0. The number of nitrogens with one attached hydrogen (secondary N) is 1. The predicted molar refractivity (Wildman–Crippen MR) is 155 cm³/mol. The van der Waals surface area contributed by atoms with Crippen LogP contribution in [0.3, 0.4) is 0 Å². The molecule has 0 aliphatic carbocycles. The van der Waals surface area contributed by atoms with Crippen LogP contribution in [0.5, 0.6) is 11.5 Å². The van der Waals surface area contributed by atoms with E-state index in [1.165, 1.54) is 43.5 Å². The second-order valence-corrected chi connectivity index (χ2v) is 9.39. The molecule has 1 aliphatic heterocycles. The van der Waals surface area contributed by atoms with Gasteiger partial charge in [0.05, 0.1) is 23.9 Å². The van der Waals surface area contributed by atoms with E-state index in [-0.39, 0.29) is 28.6 Å². The zero-order chi connectivity index (χ0) is 29.6. The molecular weight excluding hydrogens is 560 g/mol. The first kappa shape index (κ1) is 28.1. The summed E-state index contributed by atoms with van der Waals surface area (Å²) < 4.78 is 15.9. The van der Waals surface area contributed by atoms with E-state index in [1.54, 1.807) is 36.4 Å². The molecule has 0 spiro atoms. The van der Waals surface area contributed by atoms with E-state index in [0.717, 1.165) is 10.5 Å². The molecule has 5 rings (SSSR count). The molecule has 0 saturated carbocycles. The number of benzene rings is 4. The average molecular weight is 583 g/mol. The monoisotopic (exact) mass is 582 g/mol. The molecule has 0 atom stereocenters. The first-order chi connectivity index (χ1) is 20.3. The Balaban J connectivity index is 1.18. The van der Waals surface area contributed by atoms with E-state index < -0.39 is 23.8 Å². The maximum Gasteiger partial charge on any atom is 0.343 e. The maximum absolute atomic E-state index is 13.0. The van der Waals surface area contributed by atoms with Crippen LogP contribution in [-0.4, -0.2) is 30.9 Å². The molecule has 0 bridgehead atoms. The zero-order valence-electron chi connectivity index (χ0n) is 22.2. The van der Waals surface area contributed by atoms with E-state index in [9.17, 15) is 19.2 Å². The van der Waals surface area contributed by atoms with Crippen molar-refractivity contribution in [3.63, 3.8) is 0 Å². The predicted octanol–water partition coefficient (Wildman–Crippen LogP) is 5.71. The molecule has 1 N–H and O–H groups in total. The second-order valence-electron chi connectivity index (χ2n) is 9.01. The third-order valence-electron chi connectivity index (χ3n) is 6.24. The lowest BCUT2D eigenvalue weighted by atomic mass is 10.2. The van der Waals surface area contributed by atoms with Crippen LogP contribution in [0.4, 0.5) is 11.4 Å². The van der Waals surface area contributed by atoms with Gasteiger partial charge in [-0.25, -0.2) is 14.5 Å². The van der Waals surface area contributed by atoms with Gasteiger partial charge in [-0.15, -0.1) is 0 Å². The van der Waals surface area contributed by atoms with Crippen molar-refractivity contribution in [1.82, 2.24) is 0 Å². The lowest BCUT2D eigenvalue weighted by Gasteiger charge is -2.16. The molecule has 2 amide bonds. The minimum absolute atomic E-state index is 0.0952. The minimum atomic E-state index is -0.673. The highest BCUT2D eigenvalue weighted by Gasteiger charge is 2.39. The number of carbonyl (C=O) groups excluding carboxylic acids is 4. The van der Waals surface area contributed by atoms with Crippen molar-refractivity contribution in [2.75, 3.05) is 17.3 Å². The summed E-state index contributed by atoms with van der Waals surface area (Å²) in [5, 5.41) is 2.60. The SMILES string of the molecule is COc1cccc(N2C(=O)C(Cl)=C(Nc3ccc(C(=O)Oc4ccc(C(=O)OCc5ccccc5)cc4)cc3)C2=O)c1. The summed E-state index contributed by atoms with van der Waals surface area (Å²) >= 11 is 6.21. The van der Waals surface area contributed by atoms with E-state index in [2.05, 4.69) is 5.32 Å². The van der Waals surface area contributed by atoms with Crippen LogP contribution in [0.1, 0.15) is 26.3 Å². The second kappa shape index (κ2) is 12.4. The van der Waals surface area contributed by atoms with Gasteiger partial charge in [0.25, 0.3) is 11.8 Å². The molecule has 0 aromatic heterocycles. The normalized spacial score (nSPS) is 12.8. The van der Waals surface area contributed by atoms with Crippen LogP contribution in [-0.2, 0) is 20.9 Å². The van der Waals surface area contributed by atoms with Crippen molar-refractivity contribution >= 4 is 46.7 Å². The fourth-order valence-corrected chi connectivity index (χ4v) is 4.27. The number of hydrogen-bond acceptors (Lipinski definition) is 8. The number of imide groups is 1. The van der Waals surface area contributed by atoms with E-state index in [0.29, 0.717) is 22.7 Å². The summed E-state index contributed by atoms with van der Waals surface area (Å²) in [7, 11) is 1.48. The van der Waals surface area contributed by atoms with Crippen molar-refractivity contribution < 1.29 is 33.4 Å². The lowest BCUT2D eigenvalue weighted by Crippen LogP contribution is -2.32. The molecule has 0 radical (unpaired) electrons. The van der Waals surface area contributed by atoms with Crippen molar-refractivity contribution in [3.05, 3.63) is 131 Å². The fourth-order valence-electron chi connectivity index (χ4n) is 4.06. The van der Waals surface area contributed by atoms with Gasteiger partial charge in [0.1, 0.15) is 28.8 Å². The van der Waals surface area contributed by atoms with Crippen molar-refractivity contribution in [2.45, 2.75) is 6.61 Å². The molecule has 4 aromatic carbocycles. The molecule has 1 aliphatic rings. The van der Waals surface area contributed by atoms with Crippen LogP contribution < -0.4 is 19.7 Å². The zero-order valence-corrected chi connectivity index (χ0v) is 23.0. The molecular formula is C32H23ClN2O7. The summed E-state index contributed by atoms with van der Waals surface area (Å²) in [6, 6.07) is 27.9. The summed E-state index contributed by atoms with van der Waals surface area (Å²) in [5.41, 5.74) is 2.07. The molecule has 1 heterocycles. The number of rotatable bonds is 9. The molecule has 0 unspecified atom stereocenters. The van der Waals surface area contributed by atoms with E-state index in [1.807, 2.05) is 30.3 Å². The van der Waals surface area contributed by atoms with Gasteiger partial charge < -0.3 is 19.5 Å². The number of methoxy groups -OCH3 is 1. The number of esters is 2. The Morgan fingerprint density at radius 3 is 2.12 bits per heavy atom. The number of anilines is 2. The van der Waals surface area contributed by atoms with Gasteiger partial charge in [0.15, 0.2) is 0 Å². The number of ether oxygens (including phenoxy) is 3. The highest BCUT2D eigenvalue weighted by atomic mass is 35.5. The van der Waals surface area contributed by atoms with Gasteiger partial charge in [0, 0.05) is 11.8 Å². The molecule has 42 heavy (non-hydrogen) atoms. The Bertz CT molecular complexity index is 1680. The molecule has 0 fully saturated rings. The van der Waals surface area contributed by atoms with Crippen LogP contribution in [0, 0.1) is 0 Å². The van der Waals surface area contributed by atoms with Crippen LogP contribution in [0.2, 0.25) is 0 Å². The molecule has 9 nitrogen and oxygen atoms in total. The highest BCUT2D eigenvalue weighted by molar-refractivity contribution is 6.53. The van der Waals surface area contributed by atoms with Crippen molar-refractivity contribution in [1.29, 1.82) is 0 Å². The van der Waals surface area contributed by atoms with Gasteiger partial charge >= 0.3 is 11.9 Å². The Kier molecular flexibility index (Phi) is 8.31. The topological polar surface area (TPSA) is 111 Å². The van der Waals surface area contributed by atoms with Gasteiger partial charge in [-0.1, -0.05) is 48.0 Å². The number of amides is 2. The third kappa shape index (κ3) is 6.16. The fraction of sp³-hybridized carbons (Fsp3) is 0.0625. The van der Waals surface area contributed by atoms with Crippen molar-refractivity contribution in [2.24, 2.45) is 0 Å². The molecule has 0 saturated heterocycles. The Morgan fingerprint density at radius 1 is 0.762 bits per heavy atom. The van der Waals surface area contributed by atoms with Crippen LogP contribution in [0.25, 0.3) is 0 Å². The summed E-state index contributed by atoms with van der Waals surface area (Å²) in [6.45, 7) is 0.149. The molecule has 10 heteroatoms. The smallest absolute Gasteiger partial charge is 0.343 e.